The maximum Gasteiger partial charge on any atom is 0.108 e. The molecule has 0 saturated carbocycles. The average Bonchev–Trinajstić information content (AvgIpc) is 1.89. The van der Waals surface area contributed by atoms with E-state index in [1.807, 2.05) is 25.2 Å². The molecule has 2 nitrogen and oxygen atoms in total. The van der Waals surface area contributed by atoms with Crippen LogP contribution in [-0.4, -0.2) is 11.4 Å². The van der Waals surface area contributed by atoms with E-state index >= 15 is 0 Å². The fourth-order valence-electron chi connectivity index (χ4n) is 0.367. The van der Waals surface area contributed by atoms with Crippen molar-refractivity contribution in [2.45, 2.75) is 20.0 Å². The van der Waals surface area contributed by atoms with Gasteiger partial charge in [0, 0.05) is 0 Å². The molecule has 0 aliphatic carbocycles. The highest BCUT2D eigenvalue weighted by Crippen LogP contribution is 1.88. The summed E-state index contributed by atoms with van der Waals surface area (Å²) in [5.41, 5.74) is 0. The molecule has 52 valence electrons. The van der Waals surface area contributed by atoms with E-state index in [0.29, 0.717) is 0 Å². The Hall–Kier alpha value is -0.600. The largest absolute Gasteiger partial charge is 0.251 e. The zero-order valence-corrected chi connectivity index (χ0v) is 5.74. The van der Waals surface area contributed by atoms with Crippen LogP contribution >= 0.6 is 0 Å². The molecule has 0 aromatic rings. The summed E-state index contributed by atoms with van der Waals surface area (Å²) in [6.07, 6.45) is 7.12. The van der Waals surface area contributed by atoms with Gasteiger partial charge in [-0.3, -0.25) is 5.26 Å². The monoisotopic (exact) mass is 128 g/mol. The van der Waals surface area contributed by atoms with Crippen LogP contribution in [0.3, 0.4) is 0 Å². The first-order chi connectivity index (χ1) is 4.31. The standard InChI is InChI=1S/C7H12O2/c1-3-4-5-6-7(2)9-8/h3-8H,1-2H3/b4-3+,6-5+. The van der Waals surface area contributed by atoms with Gasteiger partial charge in [0.1, 0.15) is 6.10 Å². The topological polar surface area (TPSA) is 29.5 Å². The van der Waals surface area contributed by atoms with Crippen LogP contribution in [0.2, 0.25) is 0 Å². The maximum atomic E-state index is 8.06. The highest BCUT2D eigenvalue weighted by atomic mass is 17.1. The van der Waals surface area contributed by atoms with Crippen LogP contribution in [0.4, 0.5) is 0 Å². The summed E-state index contributed by atoms with van der Waals surface area (Å²) < 4.78 is 0. The zero-order valence-electron chi connectivity index (χ0n) is 5.74. The molecule has 2 heteroatoms. The molecule has 1 unspecified atom stereocenters. The third-order valence-electron chi connectivity index (χ3n) is 0.852. The Morgan fingerprint density at radius 3 is 2.56 bits per heavy atom. The lowest BCUT2D eigenvalue weighted by molar-refractivity contribution is -0.261. The molecule has 0 rings (SSSR count). The summed E-state index contributed by atoms with van der Waals surface area (Å²) in [5.74, 6) is 0. The smallest absolute Gasteiger partial charge is 0.108 e. The van der Waals surface area contributed by atoms with E-state index in [2.05, 4.69) is 4.89 Å². The van der Waals surface area contributed by atoms with Gasteiger partial charge in [0.15, 0.2) is 0 Å². The summed E-state index contributed by atoms with van der Waals surface area (Å²) in [6.45, 7) is 3.68. The second-order valence-corrected chi connectivity index (χ2v) is 1.72. The second kappa shape index (κ2) is 5.54. The molecule has 0 aromatic carbocycles. The highest BCUT2D eigenvalue weighted by molar-refractivity contribution is 5.02. The molecular formula is C7H12O2. The van der Waals surface area contributed by atoms with E-state index < -0.39 is 0 Å². The Balaban J connectivity index is 3.43. The molecule has 9 heavy (non-hydrogen) atoms. The van der Waals surface area contributed by atoms with Crippen LogP contribution in [0.1, 0.15) is 13.8 Å². The van der Waals surface area contributed by atoms with Gasteiger partial charge < -0.3 is 0 Å². The van der Waals surface area contributed by atoms with Gasteiger partial charge in [-0.15, -0.1) is 0 Å². The van der Waals surface area contributed by atoms with Crippen molar-refractivity contribution in [2.24, 2.45) is 0 Å². The number of hydrogen-bond acceptors (Lipinski definition) is 2. The molecule has 0 amide bonds. The molecular weight excluding hydrogens is 116 g/mol. The molecule has 0 heterocycles. The normalized spacial score (nSPS) is 15.4. The van der Waals surface area contributed by atoms with Crippen LogP contribution < -0.4 is 0 Å². The molecule has 0 aromatic heterocycles. The molecule has 0 radical (unpaired) electrons. The van der Waals surface area contributed by atoms with Crippen molar-refractivity contribution >= 4 is 0 Å². The fraction of sp³-hybridized carbons (Fsp3) is 0.429. The average molecular weight is 128 g/mol. The van der Waals surface area contributed by atoms with Crippen molar-refractivity contribution in [1.82, 2.24) is 0 Å². The van der Waals surface area contributed by atoms with Gasteiger partial charge in [-0.1, -0.05) is 24.3 Å². The molecule has 0 bridgehead atoms. The van der Waals surface area contributed by atoms with E-state index in [-0.39, 0.29) is 6.10 Å². The summed E-state index contributed by atoms with van der Waals surface area (Å²) >= 11 is 0. The van der Waals surface area contributed by atoms with E-state index in [4.69, 9.17) is 5.26 Å². The van der Waals surface area contributed by atoms with Gasteiger partial charge in [-0.05, 0) is 13.8 Å². The van der Waals surface area contributed by atoms with Gasteiger partial charge in [0.25, 0.3) is 0 Å². The maximum absolute atomic E-state index is 8.06. The van der Waals surface area contributed by atoms with Crippen molar-refractivity contribution in [2.75, 3.05) is 0 Å². The first kappa shape index (κ1) is 8.40. The minimum Gasteiger partial charge on any atom is -0.251 e. The lowest BCUT2D eigenvalue weighted by Crippen LogP contribution is -1.98. The minimum absolute atomic E-state index is 0.221. The molecule has 0 spiro atoms. The van der Waals surface area contributed by atoms with Gasteiger partial charge >= 0.3 is 0 Å². The molecule has 1 N–H and O–H groups in total. The Morgan fingerprint density at radius 2 is 2.11 bits per heavy atom. The van der Waals surface area contributed by atoms with Crippen LogP contribution in [0, 0.1) is 0 Å². The minimum atomic E-state index is -0.221. The van der Waals surface area contributed by atoms with Gasteiger partial charge in [-0.2, -0.15) is 0 Å². The first-order valence-electron chi connectivity index (χ1n) is 2.91. The Morgan fingerprint density at radius 1 is 1.44 bits per heavy atom. The van der Waals surface area contributed by atoms with E-state index in [1.54, 1.807) is 13.0 Å². The number of rotatable bonds is 3. The predicted octanol–water partition coefficient (Wildman–Crippen LogP) is 2.00. The second-order valence-electron chi connectivity index (χ2n) is 1.72. The Labute approximate surface area is 55.4 Å². The first-order valence-corrected chi connectivity index (χ1v) is 2.91. The summed E-state index contributed by atoms with van der Waals surface area (Å²) in [5, 5.41) is 8.06. The third-order valence-corrected chi connectivity index (χ3v) is 0.852. The lowest BCUT2D eigenvalue weighted by atomic mass is 10.3. The highest BCUT2D eigenvalue weighted by Gasteiger charge is 1.88. The molecule has 1 atom stereocenters. The Bertz CT molecular complexity index is 105. The third kappa shape index (κ3) is 5.27. The zero-order chi connectivity index (χ0) is 7.11. The fourth-order valence-corrected chi connectivity index (χ4v) is 0.367. The van der Waals surface area contributed by atoms with Crippen LogP contribution in [0.15, 0.2) is 24.3 Å². The van der Waals surface area contributed by atoms with Crippen LogP contribution in [-0.2, 0) is 4.89 Å². The Kier molecular flexibility index (Phi) is 5.17. The van der Waals surface area contributed by atoms with Crippen LogP contribution in [0.5, 0.6) is 0 Å². The number of hydrogen-bond donors (Lipinski definition) is 1. The van der Waals surface area contributed by atoms with Crippen molar-refractivity contribution in [3.63, 3.8) is 0 Å². The summed E-state index contributed by atoms with van der Waals surface area (Å²) in [4.78, 5) is 3.98. The number of allylic oxidation sites excluding steroid dienone is 3. The summed E-state index contributed by atoms with van der Waals surface area (Å²) in [7, 11) is 0. The quantitative estimate of drug-likeness (QED) is 0.358. The van der Waals surface area contributed by atoms with Gasteiger partial charge in [0.2, 0.25) is 0 Å². The molecule has 0 aliphatic heterocycles. The summed E-state index contributed by atoms with van der Waals surface area (Å²) in [6, 6.07) is 0. The predicted molar refractivity (Wildman–Crippen MR) is 37.1 cm³/mol. The molecule has 0 saturated heterocycles. The molecule has 0 aliphatic rings. The molecule has 0 fully saturated rings. The van der Waals surface area contributed by atoms with Crippen LogP contribution in [0.25, 0.3) is 0 Å². The van der Waals surface area contributed by atoms with Crippen molar-refractivity contribution in [3.8, 4) is 0 Å². The lowest BCUT2D eigenvalue weighted by Gasteiger charge is -1.96. The van der Waals surface area contributed by atoms with Crippen molar-refractivity contribution in [1.29, 1.82) is 0 Å². The van der Waals surface area contributed by atoms with Crippen molar-refractivity contribution in [3.05, 3.63) is 24.3 Å². The van der Waals surface area contributed by atoms with E-state index in [0.717, 1.165) is 0 Å². The van der Waals surface area contributed by atoms with Crippen molar-refractivity contribution < 1.29 is 10.1 Å². The van der Waals surface area contributed by atoms with E-state index in [9.17, 15) is 0 Å². The van der Waals surface area contributed by atoms with E-state index in [1.165, 1.54) is 0 Å². The SMILES string of the molecule is C/C=C/C=C/C(C)OO. The van der Waals surface area contributed by atoms with Gasteiger partial charge in [0.05, 0.1) is 0 Å². The van der Waals surface area contributed by atoms with Gasteiger partial charge in [-0.25, -0.2) is 4.89 Å².